The van der Waals surface area contributed by atoms with E-state index in [1.54, 1.807) is 39.2 Å². The average Bonchev–Trinajstić information content (AvgIpc) is 2.30. The Bertz CT molecular complexity index is 468. The molecule has 0 aliphatic heterocycles. The van der Waals surface area contributed by atoms with Crippen molar-refractivity contribution in [1.29, 1.82) is 0 Å². The number of nitrogen functional groups attached to an aromatic ring is 1. The van der Waals surface area contributed by atoms with Crippen LogP contribution in [0.1, 0.15) is 31.1 Å². The number of aliphatic hydroxyl groups is 1. The highest BCUT2D eigenvalue weighted by molar-refractivity contribution is 5.96. The number of hydrogen-bond donors (Lipinski definition) is 3. The summed E-state index contributed by atoms with van der Waals surface area (Å²) in [7, 11) is 3.40. The molecule has 1 atom stereocenters. The molecule has 0 radical (unpaired) electrons. The molecule has 0 spiro atoms. The number of anilines is 2. The molecule has 19 heavy (non-hydrogen) atoms. The minimum absolute atomic E-state index is 0.0853. The predicted molar refractivity (Wildman–Crippen MR) is 78.3 cm³/mol. The second kappa shape index (κ2) is 5.48. The Kier molecular flexibility index (Phi) is 4.42. The summed E-state index contributed by atoms with van der Waals surface area (Å²) >= 11 is 0. The molecule has 1 aromatic carbocycles. The van der Waals surface area contributed by atoms with Gasteiger partial charge in [0.2, 0.25) is 0 Å². The lowest BCUT2D eigenvalue weighted by Gasteiger charge is -2.31. The summed E-state index contributed by atoms with van der Waals surface area (Å²) in [5, 5.41) is 12.9. The Morgan fingerprint density at radius 3 is 2.47 bits per heavy atom. The molecule has 1 aromatic rings. The van der Waals surface area contributed by atoms with Crippen LogP contribution in [-0.2, 0) is 0 Å². The lowest BCUT2D eigenvalue weighted by Crippen LogP contribution is -2.42. The summed E-state index contributed by atoms with van der Waals surface area (Å²) in [6.45, 7) is 5.45. The van der Waals surface area contributed by atoms with Crippen LogP contribution in [0, 0.1) is 0 Å². The van der Waals surface area contributed by atoms with Crippen LogP contribution in [0.4, 0.5) is 11.4 Å². The Hall–Kier alpha value is -1.75. The monoisotopic (exact) mass is 265 g/mol. The molecule has 1 unspecified atom stereocenters. The molecule has 4 N–H and O–H groups in total. The van der Waals surface area contributed by atoms with Gasteiger partial charge in [-0.05, 0) is 39.0 Å². The van der Waals surface area contributed by atoms with Crippen molar-refractivity contribution in [3.8, 4) is 0 Å². The van der Waals surface area contributed by atoms with Crippen molar-refractivity contribution >= 4 is 17.3 Å². The number of amides is 1. The van der Waals surface area contributed by atoms with Gasteiger partial charge in [0.05, 0.1) is 23.0 Å². The van der Waals surface area contributed by atoms with Crippen molar-refractivity contribution in [2.24, 2.45) is 0 Å². The number of nitrogens with zero attached hydrogens (tertiary/aromatic N) is 1. The molecule has 0 heterocycles. The Balaban J connectivity index is 3.08. The fraction of sp³-hybridized carbons (Fsp3) is 0.500. The number of rotatable bonds is 4. The smallest absolute Gasteiger partial charge is 0.253 e. The van der Waals surface area contributed by atoms with E-state index >= 15 is 0 Å². The van der Waals surface area contributed by atoms with Gasteiger partial charge in [-0.15, -0.1) is 0 Å². The molecule has 1 rings (SSSR count). The van der Waals surface area contributed by atoms with E-state index in [1.165, 1.54) is 4.90 Å². The maximum Gasteiger partial charge on any atom is 0.253 e. The standard InChI is InChI=1S/C14H23N3O2/c1-9(18)14(2,3)16-12-8-10(6-7-11(12)15)13(19)17(4)5/h6-9,16,18H,15H2,1-5H3. The topological polar surface area (TPSA) is 78.6 Å². The second-order valence-electron chi connectivity index (χ2n) is 5.52. The summed E-state index contributed by atoms with van der Waals surface area (Å²) in [6, 6.07) is 5.09. The van der Waals surface area contributed by atoms with Gasteiger partial charge in [0.1, 0.15) is 0 Å². The molecule has 0 aromatic heterocycles. The van der Waals surface area contributed by atoms with E-state index in [-0.39, 0.29) is 5.91 Å². The molecule has 0 saturated carbocycles. The van der Waals surface area contributed by atoms with Crippen LogP contribution in [-0.4, -0.2) is 41.7 Å². The number of carbonyl (C=O) groups is 1. The number of carbonyl (C=O) groups excluding carboxylic acids is 1. The highest BCUT2D eigenvalue weighted by atomic mass is 16.3. The molecule has 5 heteroatoms. The third-order valence-electron chi connectivity index (χ3n) is 3.21. The first-order valence-electron chi connectivity index (χ1n) is 6.22. The fourth-order valence-electron chi connectivity index (χ4n) is 1.51. The van der Waals surface area contributed by atoms with Crippen LogP contribution in [0.2, 0.25) is 0 Å². The Morgan fingerprint density at radius 2 is 2.00 bits per heavy atom. The fourth-order valence-corrected chi connectivity index (χ4v) is 1.51. The quantitative estimate of drug-likeness (QED) is 0.722. The summed E-state index contributed by atoms with van der Waals surface area (Å²) in [5.74, 6) is -0.0853. The third kappa shape index (κ3) is 3.61. The summed E-state index contributed by atoms with van der Waals surface area (Å²) < 4.78 is 0. The first kappa shape index (κ1) is 15.3. The third-order valence-corrected chi connectivity index (χ3v) is 3.21. The van der Waals surface area contributed by atoms with Gasteiger partial charge in [-0.25, -0.2) is 0 Å². The normalized spacial score (nSPS) is 12.9. The van der Waals surface area contributed by atoms with Crippen LogP contribution in [0.15, 0.2) is 18.2 Å². The van der Waals surface area contributed by atoms with Crippen LogP contribution >= 0.6 is 0 Å². The van der Waals surface area contributed by atoms with E-state index in [9.17, 15) is 9.90 Å². The molecule has 0 aliphatic rings. The molecule has 1 amide bonds. The maximum absolute atomic E-state index is 11.9. The molecule has 0 saturated heterocycles. The summed E-state index contributed by atoms with van der Waals surface area (Å²) in [4.78, 5) is 13.4. The summed E-state index contributed by atoms with van der Waals surface area (Å²) in [6.07, 6.45) is -0.555. The van der Waals surface area contributed by atoms with E-state index in [0.29, 0.717) is 16.9 Å². The molecular formula is C14H23N3O2. The van der Waals surface area contributed by atoms with Crippen molar-refractivity contribution in [3.05, 3.63) is 23.8 Å². The van der Waals surface area contributed by atoms with Crippen molar-refractivity contribution in [2.45, 2.75) is 32.4 Å². The number of aliphatic hydroxyl groups excluding tert-OH is 1. The molecule has 0 bridgehead atoms. The van der Waals surface area contributed by atoms with Crippen LogP contribution in [0.3, 0.4) is 0 Å². The molecule has 0 fully saturated rings. The van der Waals surface area contributed by atoms with E-state index in [2.05, 4.69) is 5.32 Å². The van der Waals surface area contributed by atoms with Crippen LogP contribution in [0.25, 0.3) is 0 Å². The van der Waals surface area contributed by atoms with Gasteiger partial charge in [-0.2, -0.15) is 0 Å². The largest absolute Gasteiger partial charge is 0.397 e. The number of hydrogen-bond acceptors (Lipinski definition) is 4. The van der Waals surface area contributed by atoms with Gasteiger partial charge < -0.3 is 21.1 Å². The predicted octanol–water partition coefficient (Wildman–Crippen LogP) is 1.54. The van der Waals surface area contributed by atoms with E-state index in [0.717, 1.165) is 0 Å². The molecule has 0 aliphatic carbocycles. The van der Waals surface area contributed by atoms with E-state index in [1.807, 2.05) is 13.8 Å². The number of nitrogens with two attached hydrogens (primary N) is 1. The van der Waals surface area contributed by atoms with Gasteiger partial charge in [0, 0.05) is 19.7 Å². The molecule has 5 nitrogen and oxygen atoms in total. The average molecular weight is 265 g/mol. The Morgan fingerprint density at radius 1 is 1.42 bits per heavy atom. The van der Waals surface area contributed by atoms with Crippen molar-refractivity contribution < 1.29 is 9.90 Å². The van der Waals surface area contributed by atoms with Gasteiger partial charge in [-0.3, -0.25) is 4.79 Å². The van der Waals surface area contributed by atoms with Gasteiger partial charge in [0.25, 0.3) is 5.91 Å². The maximum atomic E-state index is 11.9. The van der Waals surface area contributed by atoms with Crippen molar-refractivity contribution in [2.75, 3.05) is 25.1 Å². The minimum Gasteiger partial charge on any atom is -0.397 e. The van der Waals surface area contributed by atoms with Crippen LogP contribution in [0.5, 0.6) is 0 Å². The highest BCUT2D eigenvalue weighted by Gasteiger charge is 2.24. The molecular weight excluding hydrogens is 242 g/mol. The SMILES string of the molecule is CC(O)C(C)(C)Nc1cc(C(=O)N(C)C)ccc1N. The number of benzene rings is 1. The summed E-state index contributed by atoms with van der Waals surface area (Å²) in [5.41, 5.74) is 7.13. The lowest BCUT2D eigenvalue weighted by atomic mass is 9.97. The van der Waals surface area contributed by atoms with Crippen molar-refractivity contribution in [1.82, 2.24) is 4.90 Å². The molecule has 106 valence electrons. The second-order valence-corrected chi connectivity index (χ2v) is 5.52. The zero-order valence-corrected chi connectivity index (χ0v) is 12.2. The van der Waals surface area contributed by atoms with Gasteiger partial charge in [0.15, 0.2) is 0 Å². The highest BCUT2D eigenvalue weighted by Crippen LogP contribution is 2.25. The van der Waals surface area contributed by atoms with E-state index in [4.69, 9.17) is 5.73 Å². The van der Waals surface area contributed by atoms with Gasteiger partial charge in [-0.1, -0.05) is 0 Å². The minimum atomic E-state index is -0.555. The Labute approximate surface area is 114 Å². The zero-order chi connectivity index (χ0) is 14.8. The first-order valence-corrected chi connectivity index (χ1v) is 6.22. The van der Waals surface area contributed by atoms with Gasteiger partial charge >= 0.3 is 0 Å². The number of nitrogens with one attached hydrogen (secondary N) is 1. The zero-order valence-electron chi connectivity index (χ0n) is 12.2. The van der Waals surface area contributed by atoms with Crippen molar-refractivity contribution in [3.63, 3.8) is 0 Å². The van der Waals surface area contributed by atoms with Crippen LogP contribution < -0.4 is 11.1 Å². The first-order chi connectivity index (χ1) is 8.65. The van der Waals surface area contributed by atoms with E-state index < -0.39 is 11.6 Å². The lowest BCUT2D eigenvalue weighted by molar-refractivity contribution is 0.0827.